The van der Waals surface area contributed by atoms with Crippen LogP contribution in [0.4, 0.5) is 0 Å². The average Bonchev–Trinajstić information content (AvgIpc) is 3.79. The third-order valence-corrected chi connectivity index (χ3v) is 11.3. The van der Waals surface area contributed by atoms with Crippen LogP contribution in [0.2, 0.25) is 0 Å². The Kier molecular flexibility index (Phi) is 7.53. The van der Waals surface area contributed by atoms with Gasteiger partial charge in [0, 0.05) is 32.9 Å². The number of aromatic nitrogens is 2. The molecule has 2 nitrogen and oxygen atoms in total. The Hall–Kier alpha value is -7.42. The highest BCUT2D eigenvalue weighted by Crippen LogP contribution is 2.40. The average molecular weight is 713 g/mol. The first-order chi connectivity index (χ1) is 27.8. The third kappa shape index (κ3) is 5.26. The van der Waals surface area contributed by atoms with Gasteiger partial charge in [-0.15, -0.1) is 0 Å². The Morgan fingerprint density at radius 2 is 0.696 bits per heavy atom. The molecule has 0 aliphatic rings. The van der Waals surface area contributed by atoms with Crippen LogP contribution in [0.3, 0.4) is 0 Å². The Labute approximate surface area is 325 Å². The summed E-state index contributed by atoms with van der Waals surface area (Å²) in [6.07, 6.45) is 0. The van der Waals surface area contributed by atoms with Crippen LogP contribution in [0, 0.1) is 0 Å². The van der Waals surface area contributed by atoms with Crippen molar-refractivity contribution in [3.8, 4) is 55.9 Å². The summed E-state index contributed by atoms with van der Waals surface area (Å²) < 4.78 is 4.85. The first-order valence-corrected chi connectivity index (χ1v) is 19.3. The molecule has 0 aliphatic carbocycles. The van der Waals surface area contributed by atoms with E-state index >= 15 is 0 Å². The van der Waals surface area contributed by atoms with Gasteiger partial charge >= 0.3 is 0 Å². The second-order valence-corrected chi connectivity index (χ2v) is 14.5. The summed E-state index contributed by atoms with van der Waals surface area (Å²) in [5.41, 5.74) is 16.8. The van der Waals surface area contributed by atoms with E-state index < -0.39 is 0 Å². The summed E-state index contributed by atoms with van der Waals surface area (Å²) in [6.45, 7) is 0. The van der Waals surface area contributed by atoms with E-state index in [1.165, 1.54) is 88.1 Å². The van der Waals surface area contributed by atoms with Gasteiger partial charge in [-0.1, -0.05) is 164 Å². The number of hydrogen-bond acceptors (Lipinski definition) is 0. The van der Waals surface area contributed by atoms with Crippen LogP contribution < -0.4 is 0 Å². The van der Waals surface area contributed by atoms with E-state index in [0.29, 0.717) is 0 Å². The fourth-order valence-electron chi connectivity index (χ4n) is 8.71. The van der Waals surface area contributed by atoms with Crippen molar-refractivity contribution in [3.63, 3.8) is 0 Å². The van der Waals surface area contributed by atoms with Crippen molar-refractivity contribution in [2.75, 3.05) is 0 Å². The van der Waals surface area contributed by atoms with Gasteiger partial charge in [-0.05, 0) is 99.1 Å². The molecule has 0 saturated heterocycles. The lowest BCUT2D eigenvalue weighted by Crippen LogP contribution is -1.96. The lowest BCUT2D eigenvalue weighted by Gasteiger charge is -2.15. The molecule has 11 rings (SSSR count). The van der Waals surface area contributed by atoms with Crippen molar-refractivity contribution in [1.29, 1.82) is 0 Å². The predicted octanol–water partition coefficient (Wildman–Crippen LogP) is 14.5. The van der Waals surface area contributed by atoms with Crippen LogP contribution in [0.25, 0.3) is 99.5 Å². The maximum Gasteiger partial charge on any atom is 0.0547 e. The molecule has 0 amide bonds. The van der Waals surface area contributed by atoms with Crippen LogP contribution in [-0.2, 0) is 0 Å². The molecule has 0 radical (unpaired) electrons. The molecule has 0 bridgehead atoms. The summed E-state index contributed by atoms with van der Waals surface area (Å²) in [6, 6.07) is 79.4. The van der Waals surface area contributed by atoms with E-state index in [-0.39, 0.29) is 0 Å². The summed E-state index contributed by atoms with van der Waals surface area (Å²) in [7, 11) is 0. The van der Waals surface area contributed by atoms with E-state index in [9.17, 15) is 0 Å². The van der Waals surface area contributed by atoms with Crippen molar-refractivity contribution in [2.45, 2.75) is 0 Å². The second kappa shape index (κ2) is 13.2. The molecule has 0 saturated carbocycles. The van der Waals surface area contributed by atoms with Crippen molar-refractivity contribution < 1.29 is 0 Å². The summed E-state index contributed by atoms with van der Waals surface area (Å²) >= 11 is 0. The number of fused-ring (bicyclic) bond motifs is 6. The van der Waals surface area contributed by atoms with Gasteiger partial charge in [0.1, 0.15) is 0 Å². The standard InChI is InChI=1S/C54H36N2/c1-4-15-37(16-5-1)40-21-14-22-43(33-40)56-51-25-12-10-23-46(51)48-30-27-42(35-54(48)56)41-28-32-53-50(34-41)47-24-11-13-26-52(47)55(53)44-29-31-45(38-17-6-2-7-18-38)49(36-44)39-19-8-3-9-20-39/h1-36H. The fraction of sp³-hybridized carbons (Fsp3) is 0. The molecule has 0 fully saturated rings. The van der Waals surface area contributed by atoms with Crippen LogP contribution in [0.5, 0.6) is 0 Å². The maximum absolute atomic E-state index is 2.43. The van der Waals surface area contributed by atoms with Crippen molar-refractivity contribution in [3.05, 3.63) is 218 Å². The molecule has 0 unspecified atom stereocenters. The number of rotatable bonds is 6. The molecule has 2 heterocycles. The third-order valence-electron chi connectivity index (χ3n) is 11.3. The van der Waals surface area contributed by atoms with Gasteiger partial charge in [0.25, 0.3) is 0 Å². The van der Waals surface area contributed by atoms with Crippen molar-refractivity contribution in [2.24, 2.45) is 0 Å². The Morgan fingerprint density at radius 3 is 1.41 bits per heavy atom. The Bertz CT molecular complexity index is 3220. The number of hydrogen-bond donors (Lipinski definition) is 0. The zero-order valence-corrected chi connectivity index (χ0v) is 30.7. The first kappa shape index (κ1) is 32.0. The van der Waals surface area contributed by atoms with E-state index in [1.54, 1.807) is 0 Å². The van der Waals surface area contributed by atoms with Gasteiger partial charge in [-0.3, -0.25) is 0 Å². The summed E-state index contributed by atoms with van der Waals surface area (Å²) in [5, 5.41) is 4.99. The van der Waals surface area contributed by atoms with Gasteiger partial charge in [-0.2, -0.15) is 0 Å². The van der Waals surface area contributed by atoms with Gasteiger partial charge in [0.05, 0.1) is 22.1 Å². The highest BCUT2D eigenvalue weighted by molar-refractivity contribution is 6.12. The van der Waals surface area contributed by atoms with Crippen molar-refractivity contribution >= 4 is 43.6 Å². The highest BCUT2D eigenvalue weighted by atomic mass is 15.0. The molecule has 11 aromatic rings. The van der Waals surface area contributed by atoms with Gasteiger partial charge in [0.2, 0.25) is 0 Å². The molecule has 9 aromatic carbocycles. The minimum absolute atomic E-state index is 1.14. The Balaban J connectivity index is 1.08. The summed E-state index contributed by atoms with van der Waals surface area (Å²) in [4.78, 5) is 0. The zero-order valence-electron chi connectivity index (χ0n) is 30.7. The lowest BCUT2D eigenvalue weighted by atomic mass is 9.94. The van der Waals surface area contributed by atoms with Crippen LogP contribution in [-0.4, -0.2) is 9.13 Å². The minimum Gasteiger partial charge on any atom is -0.309 e. The largest absolute Gasteiger partial charge is 0.309 e. The van der Waals surface area contributed by atoms with Crippen LogP contribution in [0.1, 0.15) is 0 Å². The molecule has 56 heavy (non-hydrogen) atoms. The van der Waals surface area contributed by atoms with E-state index in [0.717, 1.165) is 11.4 Å². The number of para-hydroxylation sites is 2. The minimum atomic E-state index is 1.14. The van der Waals surface area contributed by atoms with Gasteiger partial charge in [0.15, 0.2) is 0 Å². The normalized spacial score (nSPS) is 11.6. The number of nitrogens with zero attached hydrogens (tertiary/aromatic N) is 2. The van der Waals surface area contributed by atoms with Gasteiger partial charge < -0.3 is 9.13 Å². The molecule has 262 valence electrons. The topological polar surface area (TPSA) is 9.86 Å². The smallest absolute Gasteiger partial charge is 0.0547 e. The molecular weight excluding hydrogens is 677 g/mol. The highest BCUT2D eigenvalue weighted by Gasteiger charge is 2.18. The molecule has 2 heteroatoms. The first-order valence-electron chi connectivity index (χ1n) is 19.3. The molecule has 2 aromatic heterocycles. The molecule has 0 spiro atoms. The molecule has 0 N–H and O–H groups in total. The van der Waals surface area contributed by atoms with Gasteiger partial charge in [-0.25, -0.2) is 0 Å². The lowest BCUT2D eigenvalue weighted by molar-refractivity contribution is 1.18. The molecular formula is C54H36N2. The quantitative estimate of drug-likeness (QED) is 0.162. The van der Waals surface area contributed by atoms with Crippen LogP contribution in [0.15, 0.2) is 218 Å². The van der Waals surface area contributed by atoms with Crippen molar-refractivity contribution in [1.82, 2.24) is 9.13 Å². The second-order valence-electron chi connectivity index (χ2n) is 14.5. The molecule has 0 atom stereocenters. The zero-order chi connectivity index (χ0) is 37.0. The monoisotopic (exact) mass is 712 g/mol. The SMILES string of the molecule is c1ccc(-c2cccc(-n3c4ccccc4c4ccc(-c5ccc6c(c5)c5ccccc5n6-c5ccc(-c6ccccc6)c(-c6ccccc6)c5)cc43)c2)cc1. The summed E-state index contributed by atoms with van der Waals surface area (Å²) in [5.74, 6) is 0. The molecule has 0 aliphatic heterocycles. The predicted molar refractivity (Wildman–Crippen MR) is 237 cm³/mol. The van der Waals surface area contributed by atoms with E-state index in [2.05, 4.69) is 228 Å². The fourth-order valence-corrected chi connectivity index (χ4v) is 8.71. The van der Waals surface area contributed by atoms with E-state index in [1.807, 2.05) is 0 Å². The number of benzene rings is 9. The van der Waals surface area contributed by atoms with E-state index in [4.69, 9.17) is 0 Å². The Morgan fingerprint density at radius 1 is 0.214 bits per heavy atom. The van der Waals surface area contributed by atoms with Crippen LogP contribution >= 0.6 is 0 Å². The maximum atomic E-state index is 2.43.